The highest BCUT2D eigenvalue weighted by atomic mass is 35.5. The minimum atomic E-state index is -3.92. The third kappa shape index (κ3) is 3.99. The lowest BCUT2D eigenvalue weighted by atomic mass is 10.3. The van der Waals surface area contributed by atoms with Crippen molar-refractivity contribution in [2.24, 2.45) is 0 Å². The zero-order chi connectivity index (χ0) is 18.9. The van der Waals surface area contributed by atoms with Crippen molar-refractivity contribution in [3.05, 3.63) is 52.5 Å². The molecule has 0 radical (unpaired) electrons. The molecule has 0 unspecified atom stereocenters. The largest absolute Gasteiger partial charge is 0.280 e. The van der Waals surface area contributed by atoms with Gasteiger partial charge in [0.1, 0.15) is 4.90 Å². The summed E-state index contributed by atoms with van der Waals surface area (Å²) in [6, 6.07) is 9.78. The van der Waals surface area contributed by atoms with Gasteiger partial charge in [0.15, 0.2) is 0 Å². The highest BCUT2D eigenvalue weighted by Crippen LogP contribution is 2.30. The average Bonchev–Trinajstić information content (AvgIpc) is 3.12. The number of hydrogen-bond acceptors (Lipinski definition) is 4. The molecule has 0 aliphatic carbocycles. The van der Waals surface area contributed by atoms with Crippen molar-refractivity contribution in [1.82, 2.24) is 4.31 Å². The Bertz CT molecular complexity index is 1030. The third-order valence-electron chi connectivity index (χ3n) is 3.97. The van der Waals surface area contributed by atoms with Crippen LogP contribution in [0.5, 0.6) is 0 Å². The molecule has 0 atom stereocenters. The van der Waals surface area contributed by atoms with Gasteiger partial charge in [0.05, 0.1) is 15.6 Å². The summed E-state index contributed by atoms with van der Waals surface area (Å²) >= 11 is 11.9. The van der Waals surface area contributed by atoms with Gasteiger partial charge in [-0.15, -0.1) is 0 Å². The van der Waals surface area contributed by atoms with Gasteiger partial charge in [-0.1, -0.05) is 29.3 Å². The Hall–Kier alpha value is -1.32. The molecule has 2 aromatic rings. The summed E-state index contributed by atoms with van der Waals surface area (Å²) in [4.78, 5) is -0.142. The molecule has 1 aliphatic heterocycles. The number of rotatable bonds is 5. The maximum Gasteiger partial charge on any atom is 0.261 e. The molecule has 0 aromatic heterocycles. The van der Waals surface area contributed by atoms with Crippen LogP contribution in [0.3, 0.4) is 0 Å². The van der Waals surface area contributed by atoms with E-state index in [0.717, 1.165) is 12.8 Å². The fourth-order valence-corrected chi connectivity index (χ4v) is 6.05. The lowest BCUT2D eigenvalue weighted by Crippen LogP contribution is -2.28. The Balaban J connectivity index is 1.95. The molecule has 1 N–H and O–H groups in total. The zero-order valence-corrected chi connectivity index (χ0v) is 16.7. The summed E-state index contributed by atoms with van der Waals surface area (Å²) in [7, 11) is -7.69. The lowest BCUT2D eigenvalue weighted by Gasteiger charge is -2.17. The summed E-state index contributed by atoms with van der Waals surface area (Å²) in [6.45, 7) is 0.855. The first-order chi connectivity index (χ1) is 12.2. The van der Waals surface area contributed by atoms with Crippen LogP contribution in [0.1, 0.15) is 12.8 Å². The summed E-state index contributed by atoms with van der Waals surface area (Å²) in [6.07, 6.45) is 1.58. The molecule has 0 spiro atoms. The van der Waals surface area contributed by atoms with Crippen molar-refractivity contribution in [1.29, 1.82) is 0 Å². The monoisotopic (exact) mass is 434 g/mol. The molecule has 1 aliphatic rings. The number of nitrogens with one attached hydrogen (secondary N) is 1. The van der Waals surface area contributed by atoms with Crippen molar-refractivity contribution >= 4 is 48.9 Å². The highest BCUT2D eigenvalue weighted by Gasteiger charge is 2.29. The Morgan fingerprint density at radius 3 is 2.27 bits per heavy atom. The summed E-state index contributed by atoms with van der Waals surface area (Å²) in [5.74, 6) is 0. The van der Waals surface area contributed by atoms with Gasteiger partial charge in [-0.25, -0.2) is 16.8 Å². The van der Waals surface area contributed by atoms with E-state index in [-0.39, 0.29) is 25.5 Å². The standard InChI is InChI=1S/C16H16Cl2N2O4S2/c17-12-4-3-5-14(10-12)25(21,22)19-13-6-7-15(18)16(11-13)26(23,24)20-8-1-2-9-20/h3-7,10-11,19H,1-2,8-9H2. The van der Waals surface area contributed by atoms with Crippen LogP contribution >= 0.6 is 23.2 Å². The average molecular weight is 435 g/mol. The van der Waals surface area contributed by atoms with Crippen LogP contribution in [-0.4, -0.2) is 34.2 Å². The lowest BCUT2D eigenvalue weighted by molar-refractivity contribution is 0.477. The summed E-state index contributed by atoms with van der Waals surface area (Å²) in [5.41, 5.74) is 0.104. The van der Waals surface area contributed by atoms with E-state index in [1.807, 2.05) is 0 Å². The maximum absolute atomic E-state index is 12.7. The number of sulfonamides is 2. The number of nitrogens with zero attached hydrogens (tertiary/aromatic N) is 1. The van der Waals surface area contributed by atoms with Crippen molar-refractivity contribution in [3.8, 4) is 0 Å². The minimum Gasteiger partial charge on any atom is -0.280 e. The molecule has 2 aromatic carbocycles. The molecule has 6 nitrogen and oxygen atoms in total. The van der Waals surface area contributed by atoms with Gasteiger partial charge in [0, 0.05) is 18.1 Å². The molecule has 26 heavy (non-hydrogen) atoms. The third-order valence-corrected chi connectivity index (χ3v) is 7.97. The van der Waals surface area contributed by atoms with E-state index in [0.29, 0.717) is 13.1 Å². The van der Waals surface area contributed by atoms with E-state index in [2.05, 4.69) is 4.72 Å². The molecular formula is C16H16Cl2N2O4S2. The summed E-state index contributed by atoms with van der Waals surface area (Å²) < 4.78 is 54.2. The minimum absolute atomic E-state index is 0.0242. The number of hydrogen-bond donors (Lipinski definition) is 1. The molecule has 0 amide bonds. The Morgan fingerprint density at radius 2 is 1.62 bits per heavy atom. The quantitative estimate of drug-likeness (QED) is 0.778. The first kappa shape index (κ1) is 19.4. The Kier molecular flexibility index (Phi) is 5.50. The molecule has 0 bridgehead atoms. The van der Waals surface area contributed by atoms with Crippen molar-refractivity contribution in [2.75, 3.05) is 17.8 Å². The molecule has 140 valence electrons. The van der Waals surface area contributed by atoms with Crippen molar-refractivity contribution in [3.63, 3.8) is 0 Å². The number of halogens is 2. The van der Waals surface area contributed by atoms with Gasteiger partial charge in [0.2, 0.25) is 10.0 Å². The van der Waals surface area contributed by atoms with E-state index in [9.17, 15) is 16.8 Å². The van der Waals surface area contributed by atoms with E-state index in [1.165, 1.54) is 40.7 Å². The van der Waals surface area contributed by atoms with Gasteiger partial charge in [-0.3, -0.25) is 4.72 Å². The van der Waals surface area contributed by atoms with Crippen molar-refractivity contribution in [2.45, 2.75) is 22.6 Å². The van der Waals surface area contributed by atoms with Gasteiger partial charge >= 0.3 is 0 Å². The van der Waals surface area contributed by atoms with Crippen LogP contribution in [0.4, 0.5) is 5.69 Å². The molecule has 1 fully saturated rings. The molecule has 3 rings (SSSR count). The Morgan fingerprint density at radius 1 is 0.923 bits per heavy atom. The predicted molar refractivity (Wildman–Crippen MR) is 102 cm³/mol. The van der Waals surface area contributed by atoms with Crippen LogP contribution in [-0.2, 0) is 20.0 Å². The van der Waals surface area contributed by atoms with Gasteiger partial charge < -0.3 is 0 Å². The second kappa shape index (κ2) is 7.36. The SMILES string of the molecule is O=S(=O)(Nc1ccc(Cl)c(S(=O)(=O)N2CCCC2)c1)c1cccc(Cl)c1. The van der Waals surface area contributed by atoms with E-state index in [1.54, 1.807) is 6.07 Å². The van der Waals surface area contributed by atoms with Crippen LogP contribution in [0.25, 0.3) is 0 Å². The second-order valence-corrected chi connectivity index (χ2v) is 10.3. The summed E-state index contributed by atoms with van der Waals surface area (Å²) in [5, 5.41) is 0.323. The molecule has 0 saturated carbocycles. The molecular weight excluding hydrogens is 419 g/mol. The van der Waals surface area contributed by atoms with Gasteiger partial charge in [0.25, 0.3) is 10.0 Å². The molecule has 1 heterocycles. The van der Waals surface area contributed by atoms with Crippen LogP contribution in [0.15, 0.2) is 52.3 Å². The number of benzene rings is 2. The maximum atomic E-state index is 12.7. The van der Waals surface area contributed by atoms with Gasteiger partial charge in [-0.05, 0) is 49.2 Å². The topological polar surface area (TPSA) is 83.5 Å². The molecule has 10 heteroatoms. The smallest absolute Gasteiger partial charge is 0.261 e. The number of anilines is 1. The fraction of sp³-hybridized carbons (Fsp3) is 0.250. The Labute approximate surface area is 162 Å². The first-order valence-electron chi connectivity index (χ1n) is 7.78. The van der Waals surface area contributed by atoms with Crippen LogP contribution in [0, 0.1) is 0 Å². The van der Waals surface area contributed by atoms with Crippen LogP contribution < -0.4 is 4.72 Å². The van der Waals surface area contributed by atoms with Crippen LogP contribution in [0.2, 0.25) is 10.0 Å². The normalized spacial score (nSPS) is 15.9. The zero-order valence-electron chi connectivity index (χ0n) is 13.5. The predicted octanol–water partition coefficient (Wildman–Crippen LogP) is 3.58. The van der Waals surface area contributed by atoms with Gasteiger partial charge in [-0.2, -0.15) is 4.31 Å². The van der Waals surface area contributed by atoms with E-state index >= 15 is 0 Å². The highest BCUT2D eigenvalue weighted by molar-refractivity contribution is 7.92. The van der Waals surface area contributed by atoms with E-state index in [4.69, 9.17) is 23.2 Å². The molecule has 1 saturated heterocycles. The second-order valence-electron chi connectivity index (χ2n) is 5.82. The fourth-order valence-electron chi connectivity index (χ4n) is 2.68. The first-order valence-corrected chi connectivity index (χ1v) is 11.5. The van der Waals surface area contributed by atoms with E-state index < -0.39 is 20.0 Å². The van der Waals surface area contributed by atoms with Crippen molar-refractivity contribution < 1.29 is 16.8 Å².